The Labute approximate surface area is 325 Å². The maximum Gasteiger partial charge on any atom is 0.153 e. The highest BCUT2D eigenvalue weighted by Gasteiger charge is 2.23. The second-order valence-electron chi connectivity index (χ2n) is 17.3. The molecule has 55 heavy (non-hydrogen) atoms. The molecule has 2 aromatic heterocycles. The van der Waals surface area contributed by atoms with Gasteiger partial charge >= 0.3 is 0 Å². The van der Waals surface area contributed by atoms with E-state index in [0.29, 0.717) is 6.61 Å². The van der Waals surface area contributed by atoms with Crippen LogP contribution in [0.3, 0.4) is 0 Å². The van der Waals surface area contributed by atoms with Crippen molar-refractivity contribution in [3.8, 4) is 40.0 Å². The molecule has 0 amide bonds. The fraction of sp³-hybridized carbons (Fsp3) is 0.265. The third-order valence-corrected chi connectivity index (χ3v) is 9.89. The topological polar surface area (TPSA) is 69.3 Å². The summed E-state index contributed by atoms with van der Waals surface area (Å²) in [6, 6.07) is 33.0. The van der Waals surface area contributed by atoms with E-state index in [0.717, 1.165) is 73.6 Å². The molecule has 9 rings (SSSR count). The van der Waals surface area contributed by atoms with E-state index in [1.165, 1.54) is 11.1 Å². The van der Waals surface area contributed by atoms with Gasteiger partial charge in [0.1, 0.15) is 35.3 Å². The van der Waals surface area contributed by atoms with E-state index in [-0.39, 0.29) is 16.2 Å². The summed E-state index contributed by atoms with van der Waals surface area (Å²) in [6.07, 6.45) is 10.2. The lowest BCUT2D eigenvalue weighted by molar-refractivity contribution is 0.302. The van der Waals surface area contributed by atoms with Crippen molar-refractivity contribution < 1.29 is 14.2 Å². The fourth-order valence-corrected chi connectivity index (χ4v) is 6.46. The molecule has 6 nitrogen and oxygen atoms in total. The Morgan fingerprint density at radius 2 is 1.07 bits per heavy atom. The number of nitrogens with one attached hydrogen (secondary N) is 1. The highest BCUT2D eigenvalue weighted by molar-refractivity contribution is 5.78. The predicted octanol–water partition coefficient (Wildman–Crippen LogP) is 13.2. The first-order chi connectivity index (χ1) is 26.1. The molecule has 0 fully saturated rings. The molecule has 0 spiro atoms. The quantitative estimate of drug-likeness (QED) is 0.168. The first-order valence-electron chi connectivity index (χ1n) is 19.0. The van der Waals surface area contributed by atoms with E-state index >= 15 is 0 Å². The Kier molecular flexibility index (Phi) is 10.0. The zero-order valence-electron chi connectivity index (χ0n) is 33.5. The minimum Gasteiger partial charge on any atom is -0.488 e. The molecule has 0 aliphatic carbocycles. The number of fused-ring (bicyclic) bond motifs is 7. The number of benzene rings is 4. The van der Waals surface area contributed by atoms with Gasteiger partial charge in [-0.1, -0.05) is 123 Å². The SMILES string of the molecule is CC(C)(C)c1ccc2c(c1)-c1[nH]ncc1CO2.CC(C)(C)c1ccc2c(c1)C=Cc1ccccc1O2.CC(C)(C)c1ccc2c(n1)C=Cc1ccccc1O2. The molecule has 0 saturated carbocycles. The minimum atomic E-state index is 0.0437. The number of para-hydroxylation sites is 2. The average molecular weight is 730 g/mol. The van der Waals surface area contributed by atoms with Gasteiger partial charge in [0.2, 0.25) is 0 Å². The van der Waals surface area contributed by atoms with Crippen molar-refractivity contribution in [3.05, 3.63) is 148 Å². The molecule has 4 aromatic carbocycles. The largest absolute Gasteiger partial charge is 0.488 e. The molecular weight excluding hydrogens is 679 g/mol. The van der Waals surface area contributed by atoms with Gasteiger partial charge in [0, 0.05) is 38.9 Å². The summed E-state index contributed by atoms with van der Waals surface area (Å²) in [5.74, 6) is 4.47. The van der Waals surface area contributed by atoms with E-state index in [2.05, 4.69) is 133 Å². The molecule has 0 unspecified atom stereocenters. The summed E-state index contributed by atoms with van der Waals surface area (Å²) in [5, 5.41) is 7.15. The zero-order chi connectivity index (χ0) is 39.0. The Bertz CT molecular complexity index is 2280. The molecule has 0 bridgehead atoms. The molecular formula is C49H51N3O3. The van der Waals surface area contributed by atoms with Crippen molar-refractivity contribution in [3.63, 3.8) is 0 Å². The Balaban J connectivity index is 0.000000127. The number of pyridine rings is 1. The van der Waals surface area contributed by atoms with Gasteiger partial charge in [-0.2, -0.15) is 5.10 Å². The summed E-state index contributed by atoms with van der Waals surface area (Å²) in [6.45, 7) is 20.4. The number of hydrogen-bond donors (Lipinski definition) is 1. The third kappa shape index (κ3) is 8.44. The summed E-state index contributed by atoms with van der Waals surface area (Å²) in [5.41, 5.74) is 11.6. The van der Waals surface area contributed by atoms with Gasteiger partial charge in [-0.15, -0.1) is 0 Å². The predicted molar refractivity (Wildman–Crippen MR) is 226 cm³/mol. The molecule has 6 aromatic rings. The van der Waals surface area contributed by atoms with Gasteiger partial charge in [-0.3, -0.25) is 5.10 Å². The number of H-pyrrole nitrogens is 1. The van der Waals surface area contributed by atoms with Gasteiger partial charge in [-0.25, -0.2) is 4.98 Å². The van der Waals surface area contributed by atoms with Gasteiger partial charge in [0.15, 0.2) is 5.75 Å². The molecule has 5 heterocycles. The van der Waals surface area contributed by atoms with E-state index in [9.17, 15) is 0 Å². The standard InChI is InChI=1S/C18H18O.C17H17NO.C14H16N2O/c1-18(2,3)15-10-11-17-14(12-15)9-8-13-6-4-5-7-16(13)19-17;1-17(2,3)16-11-10-15-13(18-16)9-8-12-6-4-5-7-14(12)19-15;1-14(2,3)10-4-5-12-11(6-10)13-9(8-17-12)7-15-16-13/h4-12H,1-3H3;4-11H,1-3H3;4-7H,8H2,1-3H3,(H,15,16). The lowest BCUT2D eigenvalue weighted by atomic mass is 9.85. The highest BCUT2D eigenvalue weighted by Crippen LogP contribution is 2.40. The normalized spacial score (nSPS) is 13.4. The number of ether oxygens (including phenoxy) is 3. The summed E-state index contributed by atoms with van der Waals surface area (Å²) in [4.78, 5) is 4.72. The number of rotatable bonds is 0. The van der Waals surface area contributed by atoms with Crippen LogP contribution in [0.1, 0.15) is 107 Å². The zero-order valence-corrected chi connectivity index (χ0v) is 33.5. The van der Waals surface area contributed by atoms with Crippen molar-refractivity contribution in [2.24, 2.45) is 0 Å². The molecule has 0 radical (unpaired) electrons. The molecule has 3 aliphatic rings. The molecule has 280 valence electrons. The number of aromatic amines is 1. The lowest BCUT2D eigenvalue weighted by Crippen LogP contribution is -2.13. The van der Waals surface area contributed by atoms with Crippen LogP contribution in [-0.2, 0) is 22.9 Å². The Hall–Kier alpha value is -5.88. The monoisotopic (exact) mass is 729 g/mol. The number of nitrogens with zero attached hydrogens (tertiary/aromatic N) is 2. The van der Waals surface area contributed by atoms with Crippen LogP contribution in [0.15, 0.2) is 103 Å². The van der Waals surface area contributed by atoms with Gasteiger partial charge in [0.25, 0.3) is 0 Å². The average Bonchev–Trinajstić information content (AvgIpc) is 3.46. The van der Waals surface area contributed by atoms with Crippen molar-refractivity contribution in [2.75, 3.05) is 0 Å². The molecule has 0 atom stereocenters. The molecule has 3 aliphatic heterocycles. The van der Waals surface area contributed by atoms with Crippen LogP contribution >= 0.6 is 0 Å². The van der Waals surface area contributed by atoms with Crippen molar-refractivity contribution in [1.82, 2.24) is 15.2 Å². The van der Waals surface area contributed by atoms with Crippen molar-refractivity contribution in [2.45, 2.75) is 85.2 Å². The van der Waals surface area contributed by atoms with Crippen LogP contribution in [0.5, 0.6) is 28.7 Å². The molecule has 1 N–H and O–H groups in total. The Morgan fingerprint density at radius 1 is 0.527 bits per heavy atom. The van der Waals surface area contributed by atoms with Gasteiger partial charge < -0.3 is 14.2 Å². The second-order valence-corrected chi connectivity index (χ2v) is 17.3. The number of hydrogen-bond acceptors (Lipinski definition) is 5. The highest BCUT2D eigenvalue weighted by atomic mass is 16.5. The maximum absolute atomic E-state index is 6.01. The summed E-state index contributed by atoms with van der Waals surface area (Å²) < 4.78 is 17.7. The molecule has 0 saturated heterocycles. The van der Waals surface area contributed by atoms with E-state index < -0.39 is 0 Å². The fourth-order valence-electron chi connectivity index (χ4n) is 6.46. The first kappa shape index (κ1) is 37.4. The lowest BCUT2D eigenvalue weighted by Gasteiger charge is -2.23. The van der Waals surface area contributed by atoms with E-state index in [4.69, 9.17) is 19.2 Å². The molecule has 6 heteroatoms. The summed E-state index contributed by atoms with van der Waals surface area (Å²) in [7, 11) is 0. The number of aromatic nitrogens is 3. The minimum absolute atomic E-state index is 0.0437. The van der Waals surface area contributed by atoms with Crippen LogP contribution in [0, 0.1) is 0 Å². The van der Waals surface area contributed by atoms with Gasteiger partial charge in [0.05, 0.1) is 11.9 Å². The van der Waals surface area contributed by atoms with Crippen LogP contribution < -0.4 is 14.2 Å². The van der Waals surface area contributed by atoms with Crippen molar-refractivity contribution >= 4 is 24.3 Å². The third-order valence-electron chi connectivity index (χ3n) is 9.89. The van der Waals surface area contributed by atoms with E-state index in [1.807, 2.05) is 66.9 Å². The van der Waals surface area contributed by atoms with Gasteiger partial charge in [-0.05, 0) is 82.6 Å². The van der Waals surface area contributed by atoms with Crippen LogP contribution in [0.25, 0.3) is 35.6 Å². The van der Waals surface area contributed by atoms with Crippen LogP contribution in [-0.4, -0.2) is 15.2 Å². The Morgan fingerprint density at radius 3 is 1.73 bits per heavy atom. The van der Waals surface area contributed by atoms with E-state index in [1.54, 1.807) is 0 Å². The summed E-state index contributed by atoms with van der Waals surface area (Å²) >= 11 is 0. The van der Waals surface area contributed by atoms with Crippen molar-refractivity contribution in [1.29, 1.82) is 0 Å². The van der Waals surface area contributed by atoms with Crippen LogP contribution in [0.4, 0.5) is 0 Å². The maximum atomic E-state index is 6.01. The first-order valence-corrected chi connectivity index (χ1v) is 19.0. The van der Waals surface area contributed by atoms with Crippen LogP contribution in [0.2, 0.25) is 0 Å². The smallest absolute Gasteiger partial charge is 0.153 e. The second kappa shape index (κ2) is 14.7.